The monoisotopic (exact) mass is 387 g/mol. The molecule has 0 amide bonds. The van der Waals surface area contributed by atoms with Crippen LogP contribution in [0.1, 0.15) is 5.56 Å². The van der Waals surface area contributed by atoms with E-state index < -0.39 is 10.0 Å². The highest BCUT2D eigenvalue weighted by Gasteiger charge is 2.23. The summed E-state index contributed by atoms with van der Waals surface area (Å²) in [6, 6.07) is 12.9. The molecule has 1 aliphatic heterocycles. The van der Waals surface area contributed by atoms with E-state index in [9.17, 15) is 8.42 Å². The summed E-state index contributed by atoms with van der Waals surface area (Å²) < 4.78 is 27.9. The Bertz CT molecular complexity index is 1070. The summed E-state index contributed by atoms with van der Waals surface area (Å²) in [5, 5.41) is 4.30. The molecule has 2 heterocycles. The van der Waals surface area contributed by atoms with E-state index >= 15 is 0 Å². The molecule has 1 aliphatic rings. The Hall–Kier alpha value is -1.96. The Balaban J connectivity index is 1.86. The molecular weight excluding hydrogens is 366 g/mol. The zero-order valence-corrected chi connectivity index (χ0v) is 16.2. The van der Waals surface area contributed by atoms with Crippen molar-refractivity contribution in [1.29, 1.82) is 0 Å². The quantitative estimate of drug-likeness (QED) is 0.679. The molecule has 4 rings (SSSR count). The number of hydrogen-bond donors (Lipinski definition) is 2. The Morgan fingerprint density at radius 3 is 2.54 bits per heavy atom. The smallest absolute Gasteiger partial charge is 0.268 e. The average molecular weight is 388 g/mol. The van der Waals surface area contributed by atoms with E-state index in [1.165, 1.54) is 3.97 Å². The van der Waals surface area contributed by atoms with E-state index in [1.54, 1.807) is 31.3 Å². The first-order valence-electron chi connectivity index (χ1n) is 8.60. The highest BCUT2D eigenvalue weighted by molar-refractivity contribution is 7.90. The lowest BCUT2D eigenvalue weighted by Crippen LogP contribution is -2.43. The van der Waals surface area contributed by atoms with Gasteiger partial charge in [0, 0.05) is 48.3 Å². The molecule has 5 nitrogen and oxygen atoms in total. The summed E-state index contributed by atoms with van der Waals surface area (Å²) in [5.41, 5.74) is 2.44. The van der Waals surface area contributed by atoms with Gasteiger partial charge in [-0.3, -0.25) is 0 Å². The average Bonchev–Trinajstić information content (AvgIpc) is 3.09. The number of aromatic nitrogens is 1. The lowest BCUT2D eigenvalue weighted by Gasteiger charge is -2.30. The molecule has 1 saturated heterocycles. The topological polar surface area (TPSA) is 54.3 Å². The van der Waals surface area contributed by atoms with Crippen LogP contribution >= 0.6 is 12.6 Å². The van der Waals surface area contributed by atoms with Gasteiger partial charge in [-0.25, -0.2) is 12.4 Å². The van der Waals surface area contributed by atoms with E-state index in [-0.39, 0.29) is 4.90 Å². The molecule has 0 bridgehead atoms. The van der Waals surface area contributed by atoms with E-state index in [2.05, 4.69) is 28.9 Å². The fourth-order valence-corrected chi connectivity index (χ4v) is 5.39. The third-order valence-corrected chi connectivity index (χ3v) is 7.24. The molecule has 2 aromatic carbocycles. The van der Waals surface area contributed by atoms with Crippen molar-refractivity contribution in [2.45, 2.75) is 16.7 Å². The van der Waals surface area contributed by atoms with Crippen LogP contribution in [0.4, 0.5) is 5.69 Å². The SMILES string of the molecule is Cc1c(S)cccc1S(=O)(=O)n1ccc2c(N3CCNCC3)cccc21. The van der Waals surface area contributed by atoms with Gasteiger partial charge in [0.2, 0.25) is 0 Å². The Labute approximate surface area is 159 Å². The third kappa shape index (κ3) is 2.80. The van der Waals surface area contributed by atoms with Crippen LogP contribution in [-0.4, -0.2) is 38.6 Å². The van der Waals surface area contributed by atoms with Crippen molar-refractivity contribution in [3.8, 4) is 0 Å². The summed E-state index contributed by atoms with van der Waals surface area (Å²) in [6.07, 6.45) is 1.65. The van der Waals surface area contributed by atoms with Crippen LogP contribution in [0.15, 0.2) is 58.5 Å². The molecule has 0 atom stereocenters. The maximum atomic E-state index is 13.3. The molecular formula is C19H21N3O2S2. The molecule has 136 valence electrons. The number of fused-ring (bicyclic) bond motifs is 1. The Morgan fingerprint density at radius 2 is 1.77 bits per heavy atom. The van der Waals surface area contributed by atoms with Crippen molar-refractivity contribution in [2.75, 3.05) is 31.1 Å². The normalized spacial score (nSPS) is 15.5. The first kappa shape index (κ1) is 17.5. The number of rotatable bonds is 3. The van der Waals surface area contributed by atoms with Crippen molar-refractivity contribution in [3.05, 3.63) is 54.2 Å². The molecule has 1 N–H and O–H groups in total. The number of thiol groups is 1. The second-order valence-corrected chi connectivity index (χ2v) is 8.73. The van der Waals surface area contributed by atoms with Gasteiger partial charge in [-0.05, 0) is 42.8 Å². The van der Waals surface area contributed by atoms with Crippen LogP contribution in [0.3, 0.4) is 0 Å². The van der Waals surface area contributed by atoms with Crippen LogP contribution in [-0.2, 0) is 10.0 Å². The first-order chi connectivity index (χ1) is 12.5. The zero-order chi connectivity index (χ0) is 18.3. The van der Waals surface area contributed by atoms with Crippen molar-refractivity contribution in [1.82, 2.24) is 9.29 Å². The number of piperazine rings is 1. The fraction of sp³-hybridized carbons (Fsp3) is 0.263. The van der Waals surface area contributed by atoms with Crippen molar-refractivity contribution in [2.24, 2.45) is 0 Å². The highest BCUT2D eigenvalue weighted by atomic mass is 32.2. The lowest BCUT2D eigenvalue weighted by molar-refractivity contribution is 0.588. The van der Waals surface area contributed by atoms with Gasteiger partial charge in [0.05, 0.1) is 10.4 Å². The summed E-state index contributed by atoms with van der Waals surface area (Å²) >= 11 is 4.37. The summed E-state index contributed by atoms with van der Waals surface area (Å²) in [6.45, 7) is 5.48. The molecule has 0 radical (unpaired) electrons. The molecule has 1 aromatic heterocycles. The Morgan fingerprint density at radius 1 is 1.04 bits per heavy atom. The van der Waals surface area contributed by atoms with Crippen LogP contribution < -0.4 is 10.2 Å². The van der Waals surface area contributed by atoms with Gasteiger partial charge < -0.3 is 10.2 Å². The molecule has 0 aliphatic carbocycles. The van der Waals surface area contributed by atoms with Gasteiger partial charge in [-0.1, -0.05) is 12.1 Å². The maximum absolute atomic E-state index is 13.3. The standard InChI is InChI=1S/C19H21N3O2S2/c1-14-18(25)6-3-7-19(14)26(23,24)22-11-8-15-16(4-2-5-17(15)22)21-12-9-20-10-13-21/h2-8,11,20,25H,9-10,12-13H2,1H3. The van der Waals surface area contributed by atoms with Gasteiger partial charge in [0.1, 0.15) is 0 Å². The van der Waals surface area contributed by atoms with Crippen LogP contribution in [0.5, 0.6) is 0 Å². The minimum absolute atomic E-state index is 0.287. The molecule has 26 heavy (non-hydrogen) atoms. The molecule has 0 saturated carbocycles. The second-order valence-electron chi connectivity index (χ2n) is 6.46. The van der Waals surface area contributed by atoms with Crippen LogP contribution in [0, 0.1) is 6.92 Å². The molecule has 0 unspecified atom stereocenters. The minimum Gasteiger partial charge on any atom is -0.368 e. The molecule has 3 aromatic rings. The summed E-state index contributed by atoms with van der Waals surface area (Å²) in [4.78, 5) is 3.26. The number of nitrogens with one attached hydrogen (secondary N) is 1. The van der Waals surface area contributed by atoms with E-state index in [4.69, 9.17) is 0 Å². The number of nitrogens with zero attached hydrogens (tertiary/aromatic N) is 2. The van der Waals surface area contributed by atoms with Gasteiger partial charge in [-0.2, -0.15) is 0 Å². The summed E-state index contributed by atoms with van der Waals surface area (Å²) in [7, 11) is -3.69. The van der Waals surface area contributed by atoms with Gasteiger partial charge in [0.25, 0.3) is 10.0 Å². The maximum Gasteiger partial charge on any atom is 0.268 e. The highest BCUT2D eigenvalue weighted by Crippen LogP contribution is 2.31. The molecule has 1 fully saturated rings. The number of benzene rings is 2. The lowest BCUT2D eigenvalue weighted by atomic mass is 10.2. The Kier molecular flexibility index (Phi) is 4.46. The van der Waals surface area contributed by atoms with Gasteiger partial charge in [-0.15, -0.1) is 12.6 Å². The largest absolute Gasteiger partial charge is 0.368 e. The minimum atomic E-state index is -3.69. The first-order valence-corrected chi connectivity index (χ1v) is 10.5. The van der Waals surface area contributed by atoms with E-state index in [0.29, 0.717) is 16.0 Å². The molecule has 0 spiro atoms. The predicted molar refractivity (Wildman–Crippen MR) is 108 cm³/mol. The van der Waals surface area contributed by atoms with Crippen LogP contribution in [0.25, 0.3) is 10.9 Å². The fourth-order valence-electron chi connectivity index (χ4n) is 3.51. The van der Waals surface area contributed by atoms with E-state index in [1.807, 2.05) is 18.2 Å². The number of anilines is 1. The second kappa shape index (κ2) is 6.64. The predicted octanol–water partition coefficient (Wildman–Crippen LogP) is 2.89. The van der Waals surface area contributed by atoms with Crippen molar-refractivity contribution in [3.63, 3.8) is 0 Å². The molecule has 7 heteroatoms. The zero-order valence-electron chi connectivity index (χ0n) is 14.5. The van der Waals surface area contributed by atoms with Crippen molar-refractivity contribution >= 4 is 39.2 Å². The van der Waals surface area contributed by atoms with Crippen LogP contribution in [0.2, 0.25) is 0 Å². The number of hydrogen-bond acceptors (Lipinski definition) is 5. The van der Waals surface area contributed by atoms with Gasteiger partial charge >= 0.3 is 0 Å². The third-order valence-electron chi connectivity index (χ3n) is 4.92. The van der Waals surface area contributed by atoms with Gasteiger partial charge in [0.15, 0.2) is 0 Å². The van der Waals surface area contributed by atoms with E-state index in [0.717, 1.165) is 37.3 Å². The van der Waals surface area contributed by atoms with Crippen molar-refractivity contribution < 1.29 is 8.42 Å². The summed E-state index contributed by atoms with van der Waals surface area (Å²) in [5.74, 6) is 0.